The van der Waals surface area contributed by atoms with Crippen LogP contribution in [0.2, 0.25) is 0 Å². The average molecular weight is 399 g/mol. The van der Waals surface area contributed by atoms with Gasteiger partial charge in [-0.25, -0.2) is 4.79 Å². The van der Waals surface area contributed by atoms with E-state index in [4.69, 9.17) is 19.5 Å². The number of benzene rings is 2. The van der Waals surface area contributed by atoms with Crippen molar-refractivity contribution in [1.29, 1.82) is 5.26 Å². The van der Waals surface area contributed by atoms with E-state index in [1.807, 2.05) is 6.07 Å². The molecule has 0 aromatic heterocycles. The van der Waals surface area contributed by atoms with E-state index in [-0.39, 0.29) is 28.4 Å². The summed E-state index contributed by atoms with van der Waals surface area (Å²) >= 11 is 0. The minimum atomic E-state index is -1.17. The Hall–Kier alpha value is -4.13. The van der Waals surface area contributed by atoms with Gasteiger partial charge in [-0.2, -0.15) is 5.26 Å². The van der Waals surface area contributed by atoms with Gasteiger partial charge in [0, 0.05) is 6.07 Å². The van der Waals surface area contributed by atoms with E-state index in [1.54, 1.807) is 12.1 Å². The third-order valence-corrected chi connectivity index (χ3v) is 3.68. The van der Waals surface area contributed by atoms with Crippen molar-refractivity contribution < 1.29 is 28.7 Å². The first-order chi connectivity index (χ1) is 13.8. The molecule has 0 spiro atoms. The van der Waals surface area contributed by atoms with E-state index in [9.17, 15) is 19.7 Å². The highest BCUT2D eigenvalue weighted by molar-refractivity contribution is 5.96. The second-order valence-electron chi connectivity index (χ2n) is 5.66. The molecule has 0 unspecified atom stereocenters. The molecular weight excluding hydrogens is 382 g/mol. The Morgan fingerprint density at radius 3 is 2.62 bits per heavy atom. The molecular formula is C19H17N3O7. The highest BCUT2D eigenvalue weighted by Crippen LogP contribution is 2.29. The van der Waals surface area contributed by atoms with Gasteiger partial charge in [-0.1, -0.05) is 12.1 Å². The fourth-order valence-electron chi connectivity index (χ4n) is 2.24. The maximum Gasteiger partial charge on any atom is 0.344 e. The van der Waals surface area contributed by atoms with Crippen LogP contribution in [-0.2, 0) is 14.3 Å². The molecule has 0 aliphatic heterocycles. The zero-order valence-corrected chi connectivity index (χ0v) is 15.6. The van der Waals surface area contributed by atoms with Gasteiger partial charge in [0.05, 0.1) is 29.4 Å². The summed E-state index contributed by atoms with van der Waals surface area (Å²) < 4.78 is 15.3. The smallest absolute Gasteiger partial charge is 0.344 e. The van der Waals surface area contributed by atoms with E-state index in [2.05, 4.69) is 5.32 Å². The number of rotatable bonds is 8. The highest BCUT2D eigenvalue weighted by atomic mass is 16.6. The van der Waals surface area contributed by atoms with Crippen LogP contribution in [0.3, 0.4) is 0 Å². The lowest BCUT2D eigenvalue weighted by Gasteiger charge is -2.15. The predicted molar refractivity (Wildman–Crippen MR) is 100 cm³/mol. The van der Waals surface area contributed by atoms with Crippen LogP contribution in [-0.4, -0.2) is 36.6 Å². The van der Waals surface area contributed by atoms with Gasteiger partial charge in [-0.3, -0.25) is 14.9 Å². The van der Waals surface area contributed by atoms with Gasteiger partial charge in [0.25, 0.3) is 11.6 Å². The number of hydrogen-bond acceptors (Lipinski definition) is 8. The Kier molecular flexibility index (Phi) is 7.08. The van der Waals surface area contributed by atoms with Crippen molar-refractivity contribution >= 4 is 23.3 Å². The molecule has 0 fully saturated rings. The maximum absolute atomic E-state index is 12.2. The number of nitro groups is 1. The molecule has 10 nitrogen and oxygen atoms in total. The molecule has 0 bridgehead atoms. The lowest BCUT2D eigenvalue weighted by Crippen LogP contribution is -2.31. The van der Waals surface area contributed by atoms with Crippen molar-refractivity contribution in [2.45, 2.75) is 13.0 Å². The number of nitro benzene ring substituents is 1. The van der Waals surface area contributed by atoms with Crippen LogP contribution in [0.25, 0.3) is 0 Å². The number of carbonyl (C=O) groups excluding carboxylic acids is 2. The Balaban J connectivity index is 1.94. The number of para-hydroxylation sites is 1. The van der Waals surface area contributed by atoms with Crippen LogP contribution in [0.1, 0.15) is 12.5 Å². The Bertz CT molecular complexity index is 969. The normalized spacial score (nSPS) is 10.9. The fourth-order valence-corrected chi connectivity index (χ4v) is 2.24. The summed E-state index contributed by atoms with van der Waals surface area (Å²) in [6, 6.07) is 12.0. The van der Waals surface area contributed by atoms with Crippen LogP contribution in [0.15, 0.2) is 42.5 Å². The fraction of sp³-hybridized carbons (Fsp3) is 0.211. The van der Waals surface area contributed by atoms with Crippen LogP contribution >= 0.6 is 0 Å². The van der Waals surface area contributed by atoms with E-state index in [1.165, 1.54) is 38.3 Å². The van der Waals surface area contributed by atoms with Gasteiger partial charge in [-0.15, -0.1) is 0 Å². The molecule has 0 radical (unpaired) electrons. The summed E-state index contributed by atoms with van der Waals surface area (Å²) in [4.78, 5) is 34.4. The number of nitrogens with zero attached hydrogens (tertiary/aromatic N) is 2. The molecule has 0 saturated carbocycles. The summed E-state index contributed by atoms with van der Waals surface area (Å²) in [5.74, 6) is -1.17. The first kappa shape index (κ1) is 21.2. The number of methoxy groups -OCH3 is 1. The van der Waals surface area contributed by atoms with Gasteiger partial charge in [0.1, 0.15) is 17.6 Å². The van der Waals surface area contributed by atoms with E-state index < -0.39 is 29.5 Å². The van der Waals surface area contributed by atoms with Crippen LogP contribution in [0.5, 0.6) is 11.5 Å². The number of amides is 1. The Labute approximate surface area is 165 Å². The number of nitriles is 1. The SMILES string of the molecule is COc1cc([N+](=O)[O-])ccc1NC(=O)[C@H](C)OC(=O)COc1ccccc1C#N. The van der Waals surface area contributed by atoms with Gasteiger partial charge < -0.3 is 19.5 Å². The summed E-state index contributed by atoms with van der Waals surface area (Å²) in [5.41, 5.74) is 0.246. The van der Waals surface area contributed by atoms with Crippen molar-refractivity contribution in [3.8, 4) is 17.6 Å². The van der Waals surface area contributed by atoms with Crippen LogP contribution in [0.4, 0.5) is 11.4 Å². The standard InChI is InChI=1S/C19H17N3O7/c1-12(29-18(23)11-28-16-6-4-3-5-13(16)10-20)19(24)21-15-8-7-14(22(25)26)9-17(15)27-2/h3-9,12H,11H2,1-2H3,(H,21,24)/t12-/m0/s1. The minimum absolute atomic E-state index is 0.0857. The number of anilines is 1. The van der Waals surface area contributed by atoms with E-state index >= 15 is 0 Å². The molecule has 0 saturated heterocycles. The molecule has 0 aliphatic carbocycles. The third kappa shape index (κ3) is 5.67. The molecule has 1 amide bonds. The predicted octanol–water partition coefficient (Wildman–Crippen LogP) is 2.42. The molecule has 0 heterocycles. The lowest BCUT2D eigenvalue weighted by atomic mass is 10.2. The summed E-state index contributed by atoms with van der Waals surface area (Å²) in [6.45, 7) is 0.867. The molecule has 29 heavy (non-hydrogen) atoms. The van der Waals surface area contributed by atoms with Gasteiger partial charge in [-0.05, 0) is 25.1 Å². The third-order valence-electron chi connectivity index (χ3n) is 3.68. The Morgan fingerprint density at radius 2 is 1.97 bits per heavy atom. The van der Waals surface area contributed by atoms with Crippen molar-refractivity contribution in [2.75, 3.05) is 19.0 Å². The molecule has 150 valence electrons. The highest BCUT2D eigenvalue weighted by Gasteiger charge is 2.21. The second kappa shape index (κ2) is 9.70. The van der Waals surface area contributed by atoms with Gasteiger partial charge in [0.2, 0.25) is 0 Å². The molecule has 1 N–H and O–H groups in total. The van der Waals surface area contributed by atoms with Gasteiger partial charge in [0.15, 0.2) is 12.7 Å². The first-order valence-corrected chi connectivity index (χ1v) is 8.30. The summed E-state index contributed by atoms with van der Waals surface area (Å²) in [7, 11) is 1.30. The molecule has 0 aliphatic rings. The van der Waals surface area contributed by atoms with Crippen molar-refractivity contribution in [3.63, 3.8) is 0 Å². The van der Waals surface area contributed by atoms with Crippen LogP contribution in [0, 0.1) is 21.4 Å². The zero-order valence-electron chi connectivity index (χ0n) is 15.6. The molecule has 1 atom stereocenters. The van der Waals surface area contributed by atoms with Crippen molar-refractivity contribution in [3.05, 3.63) is 58.1 Å². The number of nitrogens with one attached hydrogen (secondary N) is 1. The number of non-ortho nitro benzene ring substituents is 1. The average Bonchev–Trinajstić information content (AvgIpc) is 2.72. The second-order valence-corrected chi connectivity index (χ2v) is 5.66. The van der Waals surface area contributed by atoms with E-state index in [0.29, 0.717) is 0 Å². The van der Waals surface area contributed by atoms with Gasteiger partial charge >= 0.3 is 5.97 Å². The maximum atomic E-state index is 12.2. The largest absolute Gasteiger partial charge is 0.494 e. The zero-order chi connectivity index (χ0) is 21.4. The van der Waals surface area contributed by atoms with Crippen molar-refractivity contribution in [1.82, 2.24) is 0 Å². The monoisotopic (exact) mass is 399 g/mol. The quantitative estimate of drug-likeness (QED) is 0.405. The van der Waals surface area contributed by atoms with Crippen molar-refractivity contribution in [2.24, 2.45) is 0 Å². The Morgan fingerprint density at radius 1 is 1.24 bits per heavy atom. The minimum Gasteiger partial charge on any atom is -0.494 e. The van der Waals surface area contributed by atoms with Crippen LogP contribution < -0.4 is 14.8 Å². The number of carbonyl (C=O) groups is 2. The molecule has 2 aromatic carbocycles. The number of ether oxygens (including phenoxy) is 3. The number of esters is 1. The summed E-state index contributed by atoms with van der Waals surface area (Å²) in [5, 5.41) is 22.3. The lowest BCUT2D eigenvalue weighted by molar-refractivity contribution is -0.384. The van der Waals surface area contributed by atoms with E-state index in [0.717, 1.165) is 6.07 Å². The molecule has 2 rings (SSSR count). The molecule has 10 heteroatoms. The summed E-state index contributed by atoms with van der Waals surface area (Å²) in [6.07, 6.45) is -1.17. The number of hydrogen-bond donors (Lipinski definition) is 1. The first-order valence-electron chi connectivity index (χ1n) is 8.30. The molecule has 2 aromatic rings. The topological polar surface area (TPSA) is 141 Å².